The van der Waals surface area contributed by atoms with Crippen molar-refractivity contribution >= 4 is 23.5 Å². The second-order valence-electron chi connectivity index (χ2n) is 3.58. The predicted octanol–water partition coefficient (Wildman–Crippen LogP) is 0.487. The van der Waals surface area contributed by atoms with Gasteiger partial charge in [-0.25, -0.2) is 9.59 Å². The van der Waals surface area contributed by atoms with Gasteiger partial charge in [-0.05, 0) is 11.6 Å². The SMILES string of the molecule is Clc1cc2c(nn1)CCNC2.O=C(O)C=CC(=O)O. The summed E-state index contributed by atoms with van der Waals surface area (Å²) in [5.41, 5.74) is 2.25. The molecular weight excluding hydrogens is 274 g/mol. The third-order valence-electron chi connectivity index (χ3n) is 2.15. The molecule has 0 aromatic carbocycles. The highest BCUT2D eigenvalue weighted by Crippen LogP contribution is 2.13. The van der Waals surface area contributed by atoms with Crippen molar-refractivity contribution in [1.82, 2.24) is 15.5 Å². The van der Waals surface area contributed by atoms with Crippen LogP contribution in [0.15, 0.2) is 18.2 Å². The minimum atomic E-state index is -1.26. The molecule has 0 saturated heterocycles. The standard InChI is InChI=1S/C7H8ClN3.C4H4O4/c8-7-3-5-4-9-2-1-6(5)10-11-7;5-3(6)1-2-4(7)8/h3,9H,1-2,4H2;1-2H,(H,5,6)(H,7,8). The fraction of sp³-hybridized carbons (Fsp3) is 0.273. The van der Waals surface area contributed by atoms with Crippen molar-refractivity contribution in [3.63, 3.8) is 0 Å². The number of hydrogen-bond donors (Lipinski definition) is 3. The van der Waals surface area contributed by atoms with Gasteiger partial charge in [-0.1, -0.05) is 11.6 Å². The van der Waals surface area contributed by atoms with E-state index in [1.165, 1.54) is 5.56 Å². The van der Waals surface area contributed by atoms with Gasteiger partial charge in [0.2, 0.25) is 0 Å². The average molecular weight is 286 g/mol. The summed E-state index contributed by atoms with van der Waals surface area (Å²) in [5.74, 6) is -2.51. The van der Waals surface area contributed by atoms with E-state index in [2.05, 4.69) is 15.5 Å². The first-order valence-electron chi connectivity index (χ1n) is 5.34. The molecule has 1 aromatic rings. The molecule has 19 heavy (non-hydrogen) atoms. The lowest BCUT2D eigenvalue weighted by atomic mass is 10.1. The van der Waals surface area contributed by atoms with Crippen LogP contribution in [0.2, 0.25) is 5.15 Å². The number of aromatic nitrogens is 2. The molecule has 0 amide bonds. The van der Waals surface area contributed by atoms with Crippen LogP contribution in [-0.4, -0.2) is 38.9 Å². The monoisotopic (exact) mass is 285 g/mol. The Morgan fingerprint density at radius 3 is 2.47 bits per heavy atom. The zero-order valence-corrected chi connectivity index (χ0v) is 10.6. The van der Waals surface area contributed by atoms with Crippen LogP contribution in [-0.2, 0) is 22.6 Å². The normalized spacial score (nSPS) is 13.3. The maximum absolute atomic E-state index is 9.55. The first-order chi connectivity index (χ1) is 8.99. The largest absolute Gasteiger partial charge is 0.478 e. The Labute approximate surface area is 113 Å². The third-order valence-corrected chi connectivity index (χ3v) is 2.34. The van der Waals surface area contributed by atoms with E-state index < -0.39 is 11.9 Å². The zero-order valence-electron chi connectivity index (χ0n) is 9.84. The summed E-state index contributed by atoms with van der Waals surface area (Å²) in [6, 6.07) is 1.87. The van der Waals surface area contributed by atoms with Gasteiger partial charge in [-0.15, -0.1) is 5.10 Å². The Morgan fingerprint density at radius 2 is 1.89 bits per heavy atom. The number of carbonyl (C=O) groups is 2. The van der Waals surface area contributed by atoms with Crippen molar-refractivity contribution in [1.29, 1.82) is 0 Å². The van der Waals surface area contributed by atoms with Crippen molar-refractivity contribution in [3.8, 4) is 0 Å². The van der Waals surface area contributed by atoms with Crippen LogP contribution in [0.1, 0.15) is 11.3 Å². The second kappa shape index (κ2) is 7.45. The number of halogens is 1. The van der Waals surface area contributed by atoms with E-state index in [9.17, 15) is 9.59 Å². The maximum atomic E-state index is 9.55. The van der Waals surface area contributed by atoms with Crippen LogP contribution < -0.4 is 5.32 Å². The fourth-order valence-electron chi connectivity index (χ4n) is 1.36. The number of aliphatic carboxylic acids is 2. The van der Waals surface area contributed by atoms with E-state index in [0.717, 1.165) is 25.2 Å². The first kappa shape index (κ1) is 15.1. The van der Waals surface area contributed by atoms with Gasteiger partial charge in [-0.2, -0.15) is 5.10 Å². The van der Waals surface area contributed by atoms with Gasteiger partial charge in [0, 0.05) is 31.7 Å². The van der Waals surface area contributed by atoms with Crippen molar-refractivity contribution in [2.24, 2.45) is 0 Å². The minimum Gasteiger partial charge on any atom is -0.478 e. The number of carboxylic acid groups (broad SMARTS) is 2. The summed E-state index contributed by atoms with van der Waals surface area (Å²) in [6.45, 7) is 1.86. The van der Waals surface area contributed by atoms with Gasteiger partial charge < -0.3 is 15.5 Å². The summed E-state index contributed by atoms with van der Waals surface area (Å²) in [5, 5.41) is 27.1. The Balaban J connectivity index is 0.000000203. The van der Waals surface area contributed by atoms with E-state index in [1.54, 1.807) is 0 Å². The smallest absolute Gasteiger partial charge is 0.328 e. The number of carboxylic acids is 2. The van der Waals surface area contributed by atoms with E-state index in [4.69, 9.17) is 21.8 Å². The molecule has 1 aliphatic heterocycles. The van der Waals surface area contributed by atoms with E-state index in [1.807, 2.05) is 6.07 Å². The highest BCUT2D eigenvalue weighted by molar-refractivity contribution is 6.29. The Hall–Kier alpha value is -1.99. The van der Waals surface area contributed by atoms with Crippen LogP contribution in [0, 0.1) is 0 Å². The Morgan fingerprint density at radius 1 is 1.26 bits per heavy atom. The summed E-state index contributed by atoms with van der Waals surface area (Å²) in [7, 11) is 0. The van der Waals surface area contributed by atoms with Gasteiger partial charge >= 0.3 is 11.9 Å². The van der Waals surface area contributed by atoms with E-state index in [0.29, 0.717) is 17.3 Å². The molecule has 0 atom stereocenters. The van der Waals surface area contributed by atoms with Crippen molar-refractivity contribution in [3.05, 3.63) is 34.6 Å². The molecule has 7 nitrogen and oxygen atoms in total. The molecule has 8 heteroatoms. The van der Waals surface area contributed by atoms with Gasteiger partial charge in [0.05, 0.1) is 5.69 Å². The topological polar surface area (TPSA) is 112 Å². The number of nitrogens with one attached hydrogen (secondary N) is 1. The molecule has 2 rings (SSSR count). The summed E-state index contributed by atoms with van der Waals surface area (Å²) < 4.78 is 0. The maximum Gasteiger partial charge on any atom is 0.328 e. The molecule has 1 aromatic heterocycles. The van der Waals surface area contributed by atoms with Gasteiger partial charge in [0.25, 0.3) is 0 Å². The molecule has 0 spiro atoms. The molecule has 0 unspecified atom stereocenters. The van der Waals surface area contributed by atoms with E-state index in [-0.39, 0.29) is 0 Å². The van der Waals surface area contributed by atoms with Crippen molar-refractivity contribution < 1.29 is 19.8 Å². The van der Waals surface area contributed by atoms with Crippen LogP contribution in [0.25, 0.3) is 0 Å². The van der Waals surface area contributed by atoms with Crippen LogP contribution >= 0.6 is 11.6 Å². The lowest BCUT2D eigenvalue weighted by Crippen LogP contribution is -2.24. The molecule has 1 aliphatic rings. The minimum absolute atomic E-state index is 0.479. The molecule has 0 aliphatic carbocycles. The zero-order chi connectivity index (χ0) is 14.3. The molecular formula is C11H12ClN3O4. The predicted molar refractivity (Wildman–Crippen MR) is 66.9 cm³/mol. The lowest BCUT2D eigenvalue weighted by Gasteiger charge is -2.14. The van der Waals surface area contributed by atoms with Crippen LogP contribution in [0.4, 0.5) is 0 Å². The molecule has 0 radical (unpaired) electrons. The second-order valence-corrected chi connectivity index (χ2v) is 3.96. The highest BCUT2D eigenvalue weighted by atomic mass is 35.5. The molecule has 0 fully saturated rings. The lowest BCUT2D eigenvalue weighted by molar-refractivity contribution is -0.134. The fourth-order valence-corrected chi connectivity index (χ4v) is 1.53. The van der Waals surface area contributed by atoms with Crippen LogP contribution in [0.3, 0.4) is 0 Å². The van der Waals surface area contributed by atoms with E-state index >= 15 is 0 Å². The number of hydrogen-bond acceptors (Lipinski definition) is 5. The van der Waals surface area contributed by atoms with Gasteiger partial charge in [-0.3, -0.25) is 0 Å². The first-order valence-corrected chi connectivity index (χ1v) is 5.72. The molecule has 2 heterocycles. The third kappa shape index (κ3) is 5.94. The van der Waals surface area contributed by atoms with Crippen molar-refractivity contribution in [2.45, 2.75) is 13.0 Å². The number of fused-ring (bicyclic) bond motifs is 1. The Bertz CT molecular complexity index is 489. The van der Waals surface area contributed by atoms with Gasteiger partial charge in [0.15, 0.2) is 5.15 Å². The summed E-state index contributed by atoms with van der Waals surface area (Å²) in [4.78, 5) is 19.1. The Kier molecular flexibility index (Phi) is 5.91. The molecule has 102 valence electrons. The molecule has 0 bridgehead atoms. The summed E-state index contributed by atoms with van der Waals surface area (Å²) in [6.07, 6.45) is 2.07. The number of nitrogens with zero attached hydrogens (tertiary/aromatic N) is 2. The number of rotatable bonds is 2. The molecule has 0 saturated carbocycles. The average Bonchev–Trinajstić information content (AvgIpc) is 2.37. The molecule has 3 N–H and O–H groups in total. The highest BCUT2D eigenvalue weighted by Gasteiger charge is 2.10. The van der Waals surface area contributed by atoms with Gasteiger partial charge in [0.1, 0.15) is 0 Å². The van der Waals surface area contributed by atoms with Crippen molar-refractivity contribution in [2.75, 3.05) is 6.54 Å². The summed E-state index contributed by atoms with van der Waals surface area (Å²) >= 11 is 5.68. The van der Waals surface area contributed by atoms with Crippen LogP contribution in [0.5, 0.6) is 0 Å². The quantitative estimate of drug-likeness (QED) is 0.678.